The highest BCUT2D eigenvalue weighted by atomic mass is 16.2. The molecule has 4 nitrogen and oxygen atoms in total. The van der Waals surface area contributed by atoms with Crippen molar-refractivity contribution < 1.29 is 9.59 Å². The largest absolute Gasteiger partial charge is 0.345 e. The van der Waals surface area contributed by atoms with Gasteiger partial charge in [0, 0.05) is 31.8 Å². The Hall–Kier alpha value is -2.10. The summed E-state index contributed by atoms with van der Waals surface area (Å²) in [6.45, 7) is 0. The lowest BCUT2D eigenvalue weighted by Crippen LogP contribution is -2.21. The van der Waals surface area contributed by atoms with Gasteiger partial charge >= 0.3 is 0 Å². The van der Waals surface area contributed by atoms with Crippen LogP contribution in [0.1, 0.15) is 29.6 Å². The van der Waals surface area contributed by atoms with Crippen LogP contribution in [0.3, 0.4) is 0 Å². The molecule has 1 N–H and O–H groups in total. The van der Waals surface area contributed by atoms with Crippen LogP contribution in [-0.4, -0.2) is 30.8 Å². The zero-order valence-electron chi connectivity index (χ0n) is 11.9. The van der Waals surface area contributed by atoms with Crippen LogP contribution in [0.5, 0.6) is 0 Å². The van der Waals surface area contributed by atoms with E-state index in [1.165, 1.54) is 4.90 Å². The molecule has 0 aromatic heterocycles. The van der Waals surface area contributed by atoms with Crippen molar-refractivity contribution in [2.45, 2.75) is 19.3 Å². The minimum Gasteiger partial charge on any atom is -0.345 e. The Morgan fingerprint density at radius 2 is 1.95 bits per heavy atom. The normalized spacial score (nSPS) is 17.0. The second-order valence-corrected chi connectivity index (χ2v) is 5.29. The van der Waals surface area contributed by atoms with E-state index in [0.29, 0.717) is 17.9 Å². The van der Waals surface area contributed by atoms with E-state index < -0.39 is 0 Å². The summed E-state index contributed by atoms with van der Waals surface area (Å²) < 4.78 is 0. The lowest BCUT2D eigenvalue weighted by molar-refractivity contribution is -0.116. The molecule has 0 aliphatic heterocycles. The van der Waals surface area contributed by atoms with Gasteiger partial charge in [-0.2, -0.15) is 0 Å². The van der Waals surface area contributed by atoms with Gasteiger partial charge in [0.15, 0.2) is 0 Å². The average Bonchev–Trinajstić information content (AvgIpc) is 2.91. The van der Waals surface area contributed by atoms with E-state index in [9.17, 15) is 9.59 Å². The number of hydrogen-bond acceptors (Lipinski definition) is 2. The van der Waals surface area contributed by atoms with E-state index in [-0.39, 0.29) is 11.8 Å². The molecule has 1 aliphatic rings. The van der Waals surface area contributed by atoms with Crippen molar-refractivity contribution in [3.63, 3.8) is 0 Å². The van der Waals surface area contributed by atoms with Gasteiger partial charge in [0.1, 0.15) is 0 Å². The van der Waals surface area contributed by atoms with Crippen LogP contribution < -0.4 is 5.32 Å². The van der Waals surface area contributed by atoms with Gasteiger partial charge < -0.3 is 10.2 Å². The van der Waals surface area contributed by atoms with Crippen LogP contribution in [0, 0.1) is 5.92 Å². The van der Waals surface area contributed by atoms with Crippen LogP contribution >= 0.6 is 0 Å². The second kappa shape index (κ2) is 6.37. The number of nitrogens with zero attached hydrogens (tertiary/aromatic N) is 1. The Labute approximate surface area is 119 Å². The fraction of sp³-hybridized carbons (Fsp3) is 0.375. The van der Waals surface area contributed by atoms with Gasteiger partial charge in [0.2, 0.25) is 5.91 Å². The lowest BCUT2D eigenvalue weighted by atomic mass is 10.0. The Bertz CT molecular complexity index is 518. The highest BCUT2D eigenvalue weighted by Crippen LogP contribution is 2.21. The molecule has 20 heavy (non-hydrogen) atoms. The smallest absolute Gasteiger partial charge is 0.253 e. The first-order chi connectivity index (χ1) is 9.56. The standard InChI is InChI=1S/C16H20N2O2/c1-18(2)16(20)13-7-9-14(10-8-13)17-15(19)11-12-5-3-4-6-12/h3,5,7-10,12H,4,6,11H2,1-2H3,(H,17,19). The summed E-state index contributed by atoms with van der Waals surface area (Å²) in [5.74, 6) is 0.344. The maximum Gasteiger partial charge on any atom is 0.253 e. The topological polar surface area (TPSA) is 49.4 Å². The third kappa shape index (κ3) is 3.70. The first-order valence-corrected chi connectivity index (χ1v) is 6.84. The molecule has 2 amide bonds. The maximum absolute atomic E-state index is 11.9. The van der Waals surface area contributed by atoms with Crippen LogP contribution in [0.2, 0.25) is 0 Å². The van der Waals surface area contributed by atoms with Crippen LogP contribution in [0.15, 0.2) is 36.4 Å². The summed E-state index contributed by atoms with van der Waals surface area (Å²) in [4.78, 5) is 25.1. The van der Waals surface area contributed by atoms with E-state index in [1.54, 1.807) is 38.4 Å². The molecule has 1 aliphatic carbocycles. The van der Waals surface area contributed by atoms with Crippen LogP contribution in [0.25, 0.3) is 0 Å². The van der Waals surface area contributed by atoms with Crippen molar-refractivity contribution in [1.82, 2.24) is 4.90 Å². The van der Waals surface area contributed by atoms with Crippen molar-refractivity contribution in [2.75, 3.05) is 19.4 Å². The molecule has 2 rings (SSSR count). The van der Waals surface area contributed by atoms with Gasteiger partial charge in [-0.1, -0.05) is 12.2 Å². The van der Waals surface area contributed by atoms with Gasteiger partial charge in [0.05, 0.1) is 0 Å². The van der Waals surface area contributed by atoms with Crippen molar-refractivity contribution >= 4 is 17.5 Å². The molecule has 0 saturated heterocycles. The van der Waals surface area contributed by atoms with E-state index in [4.69, 9.17) is 0 Å². The number of carbonyl (C=O) groups excluding carboxylic acids is 2. The Morgan fingerprint density at radius 1 is 1.25 bits per heavy atom. The molecule has 0 saturated carbocycles. The molecule has 0 bridgehead atoms. The fourth-order valence-electron chi connectivity index (χ4n) is 2.27. The minimum atomic E-state index is -0.0426. The summed E-state index contributed by atoms with van der Waals surface area (Å²) in [7, 11) is 3.43. The van der Waals surface area contributed by atoms with Crippen molar-refractivity contribution in [3.8, 4) is 0 Å². The Morgan fingerprint density at radius 3 is 2.50 bits per heavy atom. The van der Waals surface area contributed by atoms with Crippen molar-refractivity contribution in [2.24, 2.45) is 5.92 Å². The zero-order valence-corrected chi connectivity index (χ0v) is 11.9. The molecule has 0 heterocycles. The number of nitrogens with one attached hydrogen (secondary N) is 1. The molecule has 4 heteroatoms. The lowest BCUT2D eigenvalue weighted by Gasteiger charge is -2.11. The SMILES string of the molecule is CN(C)C(=O)c1ccc(NC(=O)CC2C=CCC2)cc1. The van der Waals surface area contributed by atoms with E-state index in [2.05, 4.69) is 17.5 Å². The van der Waals surface area contributed by atoms with Gasteiger partial charge in [0.25, 0.3) is 5.91 Å². The first-order valence-electron chi connectivity index (χ1n) is 6.84. The molecule has 1 atom stereocenters. The number of amides is 2. The number of benzene rings is 1. The monoisotopic (exact) mass is 272 g/mol. The van der Waals surface area contributed by atoms with E-state index in [0.717, 1.165) is 18.5 Å². The van der Waals surface area contributed by atoms with Gasteiger partial charge in [-0.3, -0.25) is 9.59 Å². The molecular formula is C16H20N2O2. The molecule has 0 radical (unpaired) electrons. The summed E-state index contributed by atoms with van der Waals surface area (Å²) in [6, 6.07) is 6.99. The molecule has 1 aromatic rings. The molecule has 1 unspecified atom stereocenters. The second-order valence-electron chi connectivity index (χ2n) is 5.29. The van der Waals surface area contributed by atoms with Gasteiger partial charge in [-0.25, -0.2) is 0 Å². The Balaban J connectivity index is 1.91. The third-order valence-electron chi connectivity index (χ3n) is 3.38. The average molecular weight is 272 g/mol. The van der Waals surface area contributed by atoms with E-state index in [1.807, 2.05) is 0 Å². The summed E-state index contributed by atoms with van der Waals surface area (Å²) in [6.07, 6.45) is 6.88. The molecule has 1 aromatic carbocycles. The predicted molar refractivity (Wildman–Crippen MR) is 79.6 cm³/mol. The van der Waals surface area contributed by atoms with Crippen LogP contribution in [-0.2, 0) is 4.79 Å². The maximum atomic E-state index is 11.9. The van der Waals surface area contributed by atoms with E-state index >= 15 is 0 Å². The first kappa shape index (κ1) is 14.3. The van der Waals surface area contributed by atoms with Gasteiger partial charge in [-0.15, -0.1) is 0 Å². The summed E-state index contributed by atoms with van der Waals surface area (Å²) in [5, 5.41) is 2.87. The predicted octanol–water partition coefficient (Wildman–Crippen LogP) is 2.68. The number of hydrogen-bond donors (Lipinski definition) is 1. The number of rotatable bonds is 4. The highest BCUT2D eigenvalue weighted by molar-refractivity contribution is 5.95. The quantitative estimate of drug-likeness (QED) is 0.857. The summed E-state index contributed by atoms with van der Waals surface area (Å²) >= 11 is 0. The van der Waals surface area contributed by atoms with Gasteiger partial charge in [-0.05, 0) is 43.0 Å². The zero-order chi connectivity index (χ0) is 14.5. The van der Waals surface area contributed by atoms with Crippen molar-refractivity contribution in [1.29, 1.82) is 0 Å². The number of anilines is 1. The molecule has 106 valence electrons. The molecular weight excluding hydrogens is 252 g/mol. The number of allylic oxidation sites excluding steroid dienone is 2. The molecule has 0 fully saturated rings. The minimum absolute atomic E-state index is 0.0215. The number of carbonyl (C=O) groups is 2. The van der Waals surface area contributed by atoms with Crippen LogP contribution in [0.4, 0.5) is 5.69 Å². The third-order valence-corrected chi connectivity index (χ3v) is 3.38. The fourth-order valence-corrected chi connectivity index (χ4v) is 2.27. The highest BCUT2D eigenvalue weighted by Gasteiger charge is 2.14. The van der Waals surface area contributed by atoms with Crippen molar-refractivity contribution in [3.05, 3.63) is 42.0 Å². The Kier molecular flexibility index (Phi) is 4.56. The molecule has 0 spiro atoms. The summed E-state index contributed by atoms with van der Waals surface area (Å²) in [5.41, 5.74) is 1.35.